The maximum absolute atomic E-state index is 12.2. The second-order valence-electron chi connectivity index (χ2n) is 6.82. The third-order valence-corrected chi connectivity index (χ3v) is 4.67. The number of nitrogens with two attached hydrogens (primary N) is 1. The number of hydrogen-bond donors (Lipinski definition) is 2. The molecular formula is C18H25N5O7. The number of fused-ring (bicyclic) bond motifs is 1. The standard InChI is InChI=1S/C18H25N5O7/c1-10(25)3-4-12(26)30-14-11(7-24)29-18(15(14)28-6-5-27-2)23-9-22-13-16(19)20-8-21-17(13)23/h8-9,11,14-15,18,24H,3-7H2,1-2H3,(H2,19,20,21)/t11-,14-,15-,18-/m1/s1. The molecule has 12 heteroatoms. The monoisotopic (exact) mass is 423 g/mol. The first-order valence-electron chi connectivity index (χ1n) is 9.45. The molecule has 2 aromatic rings. The molecule has 0 aliphatic carbocycles. The Morgan fingerprint density at radius 3 is 2.73 bits per heavy atom. The van der Waals surface area contributed by atoms with Crippen LogP contribution in [0.1, 0.15) is 26.0 Å². The van der Waals surface area contributed by atoms with Gasteiger partial charge in [0.1, 0.15) is 29.8 Å². The first kappa shape index (κ1) is 22.0. The fourth-order valence-electron chi connectivity index (χ4n) is 3.21. The maximum atomic E-state index is 12.2. The molecule has 1 aliphatic heterocycles. The van der Waals surface area contributed by atoms with E-state index in [0.29, 0.717) is 17.8 Å². The Labute approximate surface area is 172 Å². The number of Topliss-reactive ketones (excluding diaryl/α,β-unsaturated/α-hetero) is 1. The summed E-state index contributed by atoms with van der Waals surface area (Å²) in [6.07, 6.45) is -0.575. The number of aliphatic hydroxyl groups is 1. The summed E-state index contributed by atoms with van der Waals surface area (Å²) in [5.41, 5.74) is 6.65. The van der Waals surface area contributed by atoms with Gasteiger partial charge in [0.25, 0.3) is 0 Å². The quantitative estimate of drug-likeness (QED) is 0.378. The number of nitrogen functional groups attached to an aromatic ring is 1. The molecule has 1 saturated heterocycles. The van der Waals surface area contributed by atoms with E-state index in [9.17, 15) is 14.7 Å². The Kier molecular flexibility index (Phi) is 7.26. The Balaban J connectivity index is 1.88. The van der Waals surface area contributed by atoms with Gasteiger partial charge in [-0.15, -0.1) is 0 Å². The molecule has 164 valence electrons. The number of hydrogen-bond acceptors (Lipinski definition) is 11. The molecule has 1 aliphatic rings. The van der Waals surface area contributed by atoms with Gasteiger partial charge < -0.3 is 34.6 Å². The first-order chi connectivity index (χ1) is 14.5. The molecule has 12 nitrogen and oxygen atoms in total. The van der Waals surface area contributed by atoms with E-state index in [1.54, 1.807) is 4.57 Å². The van der Waals surface area contributed by atoms with Gasteiger partial charge in [-0.05, 0) is 6.92 Å². The van der Waals surface area contributed by atoms with Crippen molar-refractivity contribution in [1.29, 1.82) is 0 Å². The number of ketones is 1. The number of methoxy groups -OCH3 is 1. The number of imidazole rings is 1. The molecule has 0 unspecified atom stereocenters. The summed E-state index contributed by atoms with van der Waals surface area (Å²) in [6.45, 7) is 1.49. The van der Waals surface area contributed by atoms with Crippen molar-refractivity contribution < 1.29 is 33.6 Å². The van der Waals surface area contributed by atoms with E-state index in [1.165, 1.54) is 26.7 Å². The topological polar surface area (TPSA) is 161 Å². The molecule has 30 heavy (non-hydrogen) atoms. The summed E-state index contributed by atoms with van der Waals surface area (Å²) >= 11 is 0. The SMILES string of the molecule is COCCO[C@@H]1[C@H](OC(=O)CCC(C)=O)[C@@H](CO)O[C@H]1n1cnc2c(N)ncnc21. The average Bonchev–Trinajstić information content (AvgIpc) is 3.29. The van der Waals surface area contributed by atoms with Crippen LogP contribution in [-0.4, -0.2) is 81.6 Å². The van der Waals surface area contributed by atoms with Gasteiger partial charge in [0.2, 0.25) is 0 Å². The third kappa shape index (κ3) is 4.73. The fraction of sp³-hybridized carbons (Fsp3) is 0.611. The van der Waals surface area contributed by atoms with Gasteiger partial charge in [0, 0.05) is 13.5 Å². The Morgan fingerprint density at radius 2 is 2.03 bits per heavy atom. The number of anilines is 1. The van der Waals surface area contributed by atoms with Crippen LogP contribution in [0.5, 0.6) is 0 Å². The lowest BCUT2D eigenvalue weighted by Gasteiger charge is -2.24. The van der Waals surface area contributed by atoms with Crippen molar-refractivity contribution in [2.75, 3.05) is 32.7 Å². The number of aromatic nitrogens is 4. The summed E-state index contributed by atoms with van der Waals surface area (Å²) < 4.78 is 24.0. The molecule has 0 aromatic carbocycles. The Bertz CT molecular complexity index is 889. The molecule has 3 rings (SSSR count). The van der Waals surface area contributed by atoms with Crippen molar-refractivity contribution >= 4 is 28.7 Å². The molecule has 2 aromatic heterocycles. The number of rotatable bonds is 10. The largest absolute Gasteiger partial charge is 0.456 e. The molecular weight excluding hydrogens is 398 g/mol. The van der Waals surface area contributed by atoms with E-state index < -0.39 is 37.1 Å². The highest BCUT2D eigenvalue weighted by Crippen LogP contribution is 2.35. The third-order valence-electron chi connectivity index (χ3n) is 4.67. The van der Waals surface area contributed by atoms with E-state index in [-0.39, 0.29) is 31.0 Å². The number of aliphatic hydroxyl groups excluding tert-OH is 1. The lowest BCUT2D eigenvalue weighted by atomic mass is 10.1. The smallest absolute Gasteiger partial charge is 0.306 e. The van der Waals surface area contributed by atoms with Gasteiger partial charge in [0.05, 0.1) is 32.6 Å². The van der Waals surface area contributed by atoms with Gasteiger partial charge >= 0.3 is 5.97 Å². The molecule has 0 amide bonds. The summed E-state index contributed by atoms with van der Waals surface area (Å²) in [7, 11) is 1.53. The van der Waals surface area contributed by atoms with E-state index >= 15 is 0 Å². The summed E-state index contributed by atoms with van der Waals surface area (Å²) in [6, 6.07) is 0. The highest BCUT2D eigenvalue weighted by Gasteiger charge is 2.49. The van der Waals surface area contributed by atoms with E-state index in [4.69, 9.17) is 24.7 Å². The highest BCUT2D eigenvalue weighted by molar-refractivity contribution is 5.81. The van der Waals surface area contributed by atoms with Crippen LogP contribution in [0.4, 0.5) is 5.82 Å². The van der Waals surface area contributed by atoms with Crippen LogP contribution in [0.25, 0.3) is 11.2 Å². The maximum Gasteiger partial charge on any atom is 0.306 e. The van der Waals surface area contributed by atoms with Crippen molar-refractivity contribution in [2.24, 2.45) is 0 Å². The van der Waals surface area contributed by atoms with Gasteiger partial charge in [0.15, 0.2) is 23.8 Å². The predicted octanol–water partition coefficient (Wildman–Crippen LogP) is -0.389. The number of carbonyl (C=O) groups excluding carboxylic acids is 2. The molecule has 1 fully saturated rings. The minimum Gasteiger partial charge on any atom is -0.456 e. The van der Waals surface area contributed by atoms with Gasteiger partial charge in [-0.3, -0.25) is 9.36 Å². The van der Waals surface area contributed by atoms with E-state index in [2.05, 4.69) is 15.0 Å². The zero-order chi connectivity index (χ0) is 21.7. The van der Waals surface area contributed by atoms with Crippen molar-refractivity contribution in [1.82, 2.24) is 19.5 Å². The van der Waals surface area contributed by atoms with Crippen LogP contribution < -0.4 is 5.73 Å². The normalized spacial score (nSPS) is 23.7. The molecule has 4 atom stereocenters. The van der Waals surface area contributed by atoms with Crippen molar-refractivity contribution in [2.45, 2.75) is 44.3 Å². The lowest BCUT2D eigenvalue weighted by Crippen LogP contribution is -2.40. The predicted molar refractivity (Wildman–Crippen MR) is 102 cm³/mol. The number of esters is 1. The Hall–Kier alpha value is -2.67. The van der Waals surface area contributed by atoms with E-state index in [0.717, 1.165) is 0 Å². The van der Waals surface area contributed by atoms with E-state index in [1.807, 2.05) is 0 Å². The van der Waals surface area contributed by atoms with Gasteiger partial charge in [-0.25, -0.2) is 15.0 Å². The van der Waals surface area contributed by atoms with Crippen molar-refractivity contribution in [3.63, 3.8) is 0 Å². The Morgan fingerprint density at radius 1 is 1.23 bits per heavy atom. The molecule has 0 radical (unpaired) electrons. The van der Waals surface area contributed by atoms with Crippen LogP contribution in [0.2, 0.25) is 0 Å². The number of nitrogens with zero attached hydrogens (tertiary/aromatic N) is 4. The average molecular weight is 423 g/mol. The molecule has 0 saturated carbocycles. The molecule has 3 heterocycles. The van der Waals surface area contributed by atoms with Crippen molar-refractivity contribution in [3.05, 3.63) is 12.7 Å². The minimum atomic E-state index is -0.909. The second kappa shape index (κ2) is 9.89. The van der Waals surface area contributed by atoms with Crippen LogP contribution >= 0.6 is 0 Å². The lowest BCUT2D eigenvalue weighted by molar-refractivity contribution is -0.159. The van der Waals surface area contributed by atoms with Crippen LogP contribution in [0.15, 0.2) is 12.7 Å². The molecule has 3 N–H and O–H groups in total. The van der Waals surface area contributed by atoms with Crippen LogP contribution in [0, 0.1) is 0 Å². The van der Waals surface area contributed by atoms with Gasteiger partial charge in [-0.1, -0.05) is 0 Å². The van der Waals surface area contributed by atoms with Gasteiger partial charge in [-0.2, -0.15) is 0 Å². The zero-order valence-electron chi connectivity index (χ0n) is 16.8. The summed E-state index contributed by atoms with van der Waals surface area (Å²) in [4.78, 5) is 35.7. The summed E-state index contributed by atoms with van der Waals surface area (Å²) in [5.74, 6) is -0.499. The molecule has 0 spiro atoms. The zero-order valence-corrected chi connectivity index (χ0v) is 16.8. The fourth-order valence-corrected chi connectivity index (χ4v) is 3.21. The highest BCUT2D eigenvalue weighted by atomic mass is 16.6. The van der Waals surface area contributed by atoms with Crippen LogP contribution in [0.3, 0.4) is 0 Å². The minimum absolute atomic E-state index is 0.0667. The van der Waals surface area contributed by atoms with Crippen LogP contribution in [-0.2, 0) is 28.5 Å². The summed E-state index contributed by atoms with van der Waals surface area (Å²) in [5, 5.41) is 9.81. The first-order valence-corrected chi connectivity index (χ1v) is 9.45. The van der Waals surface area contributed by atoms with Crippen molar-refractivity contribution in [3.8, 4) is 0 Å². The molecule has 0 bridgehead atoms. The number of ether oxygens (including phenoxy) is 4. The second-order valence-corrected chi connectivity index (χ2v) is 6.82. The number of carbonyl (C=O) groups is 2.